The van der Waals surface area contributed by atoms with E-state index in [4.69, 9.17) is 32.4 Å². The molecule has 0 bridgehead atoms. The van der Waals surface area contributed by atoms with Crippen molar-refractivity contribution in [3.63, 3.8) is 0 Å². The van der Waals surface area contributed by atoms with Crippen molar-refractivity contribution >= 4 is 64.5 Å². The van der Waals surface area contributed by atoms with E-state index in [0.717, 1.165) is 37.1 Å². The highest BCUT2D eigenvalue weighted by atomic mass is 35.5. The van der Waals surface area contributed by atoms with E-state index in [0.29, 0.717) is 60.6 Å². The molecule has 0 spiro atoms. The van der Waals surface area contributed by atoms with Gasteiger partial charge in [0, 0.05) is 34.7 Å². The van der Waals surface area contributed by atoms with E-state index in [9.17, 15) is 9.82 Å². The van der Waals surface area contributed by atoms with Crippen molar-refractivity contribution in [3.8, 4) is 11.3 Å². The highest BCUT2D eigenvalue weighted by Gasteiger charge is 2.29. The molecule has 4 aromatic rings. The van der Waals surface area contributed by atoms with Gasteiger partial charge in [0.15, 0.2) is 5.43 Å². The average molecular weight is 591 g/mol. The summed E-state index contributed by atoms with van der Waals surface area (Å²) in [5.74, 6) is 0.657. The van der Waals surface area contributed by atoms with Gasteiger partial charge in [-0.05, 0) is 81.5 Å². The van der Waals surface area contributed by atoms with Gasteiger partial charge in [-0.3, -0.25) is 4.79 Å². The van der Waals surface area contributed by atoms with Gasteiger partial charge in [0.1, 0.15) is 10.7 Å². The minimum Gasteiger partial charge on any atom is -0.440 e. The molecular formula is C30H29BCl2N4O4. The number of piperidine rings is 1. The Morgan fingerprint density at radius 3 is 2.66 bits per heavy atom. The summed E-state index contributed by atoms with van der Waals surface area (Å²) in [6.45, 7) is 7.60. The van der Waals surface area contributed by atoms with Crippen molar-refractivity contribution in [1.82, 2.24) is 4.98 Å². The topological polar surface area (TPSA) is 100 Å². The lowest BCUT2D eigenvalue weighted by molar-refractivity contribution is 0.286. The second-order valence-electron chi connectivity index (χ2n) is 10.7. The molecule has 2 aromatic heterocycles. The highest BCUT2D eigenvalue weighted by molar-refractivity contribution is 6.65. The Balaban J connectivity index is 1.43. The molecule has 4 heterocycles. The van der Waals surface area contributed by atoms with Crippen molar-refractivity contribution in [2.24, 2.45) is 5.16 Å². The highest BCUT2D eigenvalue weighted by Crippen LogP contribution is 2.36. The number of nitrogens with one attached hydrogen (secondary N) is 1. The Labute approximate surface area is 248 Å². The molecule has 0 amide bonds. The van der Waals surface area contributed by atoms with Crippen LogP contribution in [0.4, 0.5) is 11.6 Å². The summed E-state index contributed by atoms with van der Waals surface area (Å²) in [5, 5.41) is 18.7. The van der Waals surface area contributed by atoms with Gasteiger partial charge in [0.05, 0.1) is 34.6 Å². The fourth-order valence-corrected chi connectivity index (χ4v) is 6.17. The molecule has 0 unspecified atom stereocenters. The molecule has 8 nitrogen and oxygen atoms in total. The summed E-state index contributed by atoms with van der Waals surface area (Å²) >= 11 is 12.9. The quantitative estimate of drug-likeness (QED) is 0.217. The molecule has 0 saturated carbocycles. The zero-order chi connectivity index (χ0) is 28.8. The van der Waals surface area contributed by atoms with E-state index < -0.39 is 7.12 Å². The first-order valence-electron chi connectivity index (χ1n) is 13.7. The fraction of sp³-hybridized carbons (Fsp3) is 0.300. The molecule has 2 aliphatic rings. The smallest absolute Gasteiger partial charge is 0.440 e. The predicted octanol–water partition coefficient (Wildman–Crippen LogP) is 5.99. The van der Waals surface area contributed by atoms with Gasteiger partial charge in [-0.2, -0.15) is 0 Å². The summed E-state index contributed by atoms with van der Waals surface area (Å²) in [7, 11) is -1.25. The van der Waals surface area contributed by atoms with E-state index in [1.165, 1.54) is 12.6 Å². The number of pyridine rings is 1. The molecule has 1 saturated heterocycles. The van der Waals surface area contributed by atoms with E-state index in [1.807, 2.05) is 39.0 Å². The van der Waals surface area contributed by atoms with E-state index >= 15 is 0 Å². The first-order valence-corrected chi connectivity index (χ1v) is 14.4. The molecule has 2 N–H and O–H groups in total. The Hall–Kier alpha value is -3.53. The standard InChI is InChI=1S/C30H29BCl2N4O4/c1-16-11-21(29-22(12-16)28(38)17(2)30(40-29)37-9-5-4-6-10-37)18(3)35-24-7-8-25(33)36-27(24)19-13-20-15-34-41-31(39)26(20)23(32)14-19/h7-8,11-15,18,35,39H,4-6,9-10H2,1-3H3/t18-/m1/s1. The van der Waals surface area contributed by atoms with Crippen LogP contribution in [-0.2, 0) is 4.76 Å². The van der Waals surface area contributed by atoms with Crippen LogP contribution in [0, 0.1) is 13.8 Å². The lowest BCUT2D eigenvalue weighted by Crippen LogP contribution is -2.38. The largest absolute Gasteiger partial charge is 0.585 e. The van der Waals surface area contributed by atoms with Crippen LogP contribution in [0.25, 0.3) is 22.2 Å². The van der Waals surface area contributed by atoms with Gasteiger partial charge in [-0.15, -0.1) is 5.16 Å². The van der Waals surface area contributed by atoms with Crippen LogP contribution in [0.5, 0.6) is 0 Å². The number of aryl methyl sites for hydroxylation is 1. The van der Waals surface area contributed by atoms with E-state index in [-0.39, 0.29) is 11.5 Å². The number of aromatic nitrogens is 1. The van der Waals surface area contributed by atoms with Crippen molar-refractivity contribution in [1.29, 1.82) is 0 Å². The third kappa shape index (κ3) is 5.18. The van der Waals surface area contributed by atoms with Crippen LogP contribution in [-0.4, -0.2) is 36.4 Å². The van der Waals surface area contributed by atoms with Gasteiger partial charge in [-0.25, -0.2) is 4.98 Å². The van der Waals surface area contributed by atoms with Gasteiger partial charge >= 0.3 is 7.12 Å². The third-order valence-electron chi connectivity index (χ3n) is 7.74. The zero-order valence-electron chi connectivity index (χ0n) is 23.0. The number of halogens is 2. The van der Waals surface area contributed by atoms with Crippen molar-refractivity contribution in [2.45, 2.75) is 46.1 Å². The SMILES string of the molecule is Cc1cc([C@@H](C)Nc2ccc(Cl)nc2-c2cc(Cl)c3c(c2)C=NOB3O)c2oc(N3CCCCC3)c(C)c(=O)c2c1. The number of anilines is 2. The maximum atomic E-state index is 13.5. The number of fused-ring (bicyclic) bond motifs is 2. The molecule has 0 radical (unpaired) electrons. The molecule has 1 fully saturated rings. The monoisotopic (exact) mass is 590 g/mol. The number of nitrogens with zero attached hydrogens (tertiary/aromatic N) is 3. The summed E-state index contributed by atoms with van der Waals surface area (Å²) < 4.78 is 11.5. The first-order chi connectivity index (χ1) is 19.7. The molecule has 11 heteroatoms. The molecular weight excluding hydrogens is 562 g/mol. The number of hydrogen-bond donors (Lipinski definition) is 2. The third-order valence-corrected chi connectivity index (χ3v) is 8.27. The summed E-state index contributed by atoms with van der Waals surface area (Å²) in [4.78, 5) is 20.3. The molecule has 6 rings (SSSR count). The van der Waals surface area contributed by atoms with Crippen LogP contribution in [0.2, 0.25) is 10.2 Å². The van der Waals surface area contributed by atoms with Crippen LogP contribution in [0.1, 0.15) is 54.5 Å². The van der Waals surface area contributed by atoms with E-state index in [1.54, 1.807) is 12.1 Å². The average Bonchev–Trinajstić information content (AvgIpc) is 2.96. The van der Waals surface area contributed by atoms with Crippen LogP contribution in [0.3, 0.4) is 0 Å². The minimum atomic E-state index is -1.25. The Morgan fingerprint density at radius 2 is 1.88 bits per heavy atom. The second kappa shape index (κ2) is 11.0. The van der Waals surface area contributed by atoms with Crippen LogP contribution >= 0.6 is 23.2 Å². The Bertz CT molecular complexity index is 1750. The van der Waals surface area contributed by atoms with Crippen LogP contribution in [0.15, 0.2) is 50.8 Å². The predicted molar refractivity (Wildman–Crippen MR) is 166 cm³/mol. The molecule has 1 atom stereocenters. The Kier molecular flexibility index (Phi) is 7.44. The maximum absolute atomic E-state index is 13.5. The molecule has 0 aliphatic carbocycles. The molecule has 41 heavy (non-hydrogen) atoms. The molecule has 2 aromatic carbocycles. The Morgan fingerprint density at radius 1 is 1.10 bits per heavy atom. The lowest BCUT2D eigenvalue weighted by atomic mass is 9.75. The molecule has 2 aliphatic heterocycles. The first kappa shape index (κ1) is 27.6. The number of oxime groups is 1. The lowest BCUT2D eigenvalue weighted by Gasteiger charge is -2.29. The fourth-order valence-electron chi connectivity index (χ4n) is 5.70. The van der Waals surface area contributed by atoms with Crippen molar-refractivity contribution in [2.75, 3.05) is 23.3 Å². The van der Waals surface area contributed by atoms with Crippen molar-refractivity contribution < 1.29 is 14.2 Å². The molecule has 210 valence electrons. The number of rotatable bonds is 5. The second-order valence-corrected chi connectivity index (χ2v) is 11.5. The van der Waals surface area contributed by atoms with E-state index in [2.05, 4.69) is 26.4 Å². The minimum absolute atomic E-state index is 0.00523. The summed E-state index contributed by atoms with van der Waals surface area (Å²) in [5.41, 5.74) is 6.09. The maximum Gasteiger partial charge on any atom is 0.585 e. The number of benzene rings is 2. The zero-order valence-corrected chi connectivity index (χ0v) is 24.5. The van der Waals surface area contributed by atoms with Crippen LogP contribution < -0.4 is 21.1 Å². The van der Waals surface area contributed by atoms with Gasteiger partial charge in [-0.1, -0.05) is 29.3 Å². The normalized spacial score (nSPS) is 15.6. The van der Waals surface area contributed by atoms with Gasteiger partial charge in [0.2, 0.25) is 5.88 Å². The summed E-state index contributed by atoms with van der Waals surface area (Å²) in [6.07, 6.45) is 4.85. The summed E-state index contributed by atoms with van der Waals surface area (Å²) in [6, 6.07) is 10.8. The van der Waals surface area contributed by atoms with Crippen molar-refractivity contribution in [3.05, 3.63) is 79.1 Å². The number of hydrogen-bond acceptors (Lipinski definition) is 8. The van der Waals surface area contributed by atoms with Gasteiger partial charge in [0.25, 0.3) is 0 Å². The van der Waals surface area contributed by atoms with Gasteiger partial charge < -0.3 is 24.4 Å².